The molecule has 0 unspecified atom stereocenters. The minimum Gasteiger partial charge on any atom is -0.482 e. The highest BCUT2D eigenvalue weighted by Crippen LogP contribution is 2.33. The van der Waals surface area contributed by atoms with Crippen molar-refractivity contribution in [3.05, 3.63) is 24.3 Å². The van der Waals surface area contributed by atoms with Gasteiger partial charge in [-0.15, -0.1) is 0 Å². The van der Waals surface area contributed by atoms with Crippen LogP contribution in [0.5, 0.6) is 11.5 Å². The number of carbonyl (C=O) groups excluding carboxylic acids is 2. The van der Waals surface area contributed by atoms with Crippen molar-refractivity contribution in [3.8, 4) is 11.5 Å². The topological polar surface area (TPSA) is 85.9 Å². The highest BCUT2D eigenvalue weighted by molar-refractivity contribution is 5.84. The molecule has 108 valence electrons. The minimum absolute atomic E-state index is 0.217. The fourth-order valence-electron chi connectivity index (χ4n) is 1.76. The number of hydrogen-bond acceptors (Lipinski definition) is 5. The van der Waals surface area contributed by atoms with Crippen molar-refractivity contribution in [2.45, 2.75) is 26.1 Å². The quantitative estimate of drug-likeness (QED) is 0.789. The van der Waals surface area contributed by atoms with Crippen LogP contribution in [-0.2, 0) is 9.53 Å². The number of para-hydroxylation sites is 2. The molecular weight excluding hydrogens is 264 g/mol. The van der Waals surface area contributed by atoms with E-state index in [1.807, 2.05) is 6.07 Å². The Bertz CT molecular complexity index is 505. The smallest absolute Gasteiger partial charge is 0.426 e. The number of ether oxygens (including phenoxy) is 3. The number of benzene rings is 1. The molecule has 0 spiro atoms. The summed E-state index contributed by atoms with van der Waals surface area (Å²) in [4.78, 5) is 23.0. The molecule has 20 heavy (non-hydrogen) atoms. The summed E-state index contributed by atoms with van der Waals surface area (Å²) in [5.74, 6) is 0.560. The van der Waals surface area contributed by atoms with Crippen molar-refractivity contribution >= 4 is 12.0 Å². The first-order chi connectivity index (χ1) is 9.61. The Balaban J connectivity index is 1.96. The van der Waals surface area contributed by atoms with Gasteiger partial charge in [0, 0.05) is 0 Å². The van der Waals surface area contributed by atoms with Crippen molar-refractivity contribution in [1.29, 1.82) is 0 Å². The number of hydrazine groups is 1. The second-order valence-electron chi connectivity index (χ2n) is 4.14. The number of nitrogens with one attached hydrogen (secondary N) is 2. The molecule has 7 heteroatoms. The summed E-state index contributed by atoms with van der Waals surface area (Å²) in [6.07, 6.45) is -2.06. The van der Waals surface area contributed by atoms with E-state index < -0.39 is 24.2 Å². The van der Waals surface area contributed by atoms with Gasteiger partial charge in [-0.2, -0.15) is 0 Å². The van der Waals surface area contributed by atoms with E-state index in [0.717, 1.165) is 0 Å². The highest BCUT2D eigenvalue weighted by atomic mass is 16.6. The van der Waals surface area contributed by atoms with Gasteiger partial charge in [0.15, 0.2) is 11.5 Å². The maximum atomic E-state index is 11.9. The summed E-state index contributed by atoms with van der Waals surface area (Å²) < 4.78 is 15.8. The highest BCUT2D eigenvalue weighted by Gasteiger charge is 2.34. The Morgan fingerprint density at radius 2 is 1.85 bits per heavy atom. The number of rotatable bonds is 2. The Labute approximate surface area is 116 Å². The van der Waals surface area contributed by atoms with Crippen LogP contribution in [0.25, 0.3) is 0 Å². The largest absolute Gasteiger partial charge is 0.482 e. The van der Waals surface area contributed by atoms with Gasteiger partial charge in [0.05, 0.1) is 6.61 Å². The second kappa shape index (κ2) is 6.14. The molecule has 1 aromatic rings. The minimum atomic E-state index is -0.855. The number of fused-ring (bicyclic) bond motifs is 1. The summed E-state index contributed by atoms with van der Waals surface area (Å²) in [7, 11) is 0. The molecule has 1 aliphatic heterocycles. The van der Waals surface area contributed by atoms with Crippen LogP contribution >= 0.6 is 0 Å². The van der Waals surface area contributed by atoms with E-state index in [-0.39, 0.29) is 6.61 Å². The summed E-state index contributed by atoms with van der Waals surface area (Å²) in [5, 5.41) is 0. The molecule has 0 radical (unpaired) electrons. The zero-order valence-electron chi connectivity index (χ0n) is 11.2. The first-order valence-electron chi connectivity index (χ1n) is 6.26. The molecule has 0 saturated heterocycles. The van der Waals surface area contributed by atoms with E-state index in [0.29, 0.717) is 11.5 Å². The van der Waals surface area contributed by atoms with Gasteiger partial charge in [0.1, 0.15) is 6.10 Å². The van der Waals surface area contributed by atoms with Gasteiger partial charge in [0.2, 0.25) is 6.10 Å². The van der Waals surface area contributed by atoms with Crippen molar-refractivity contribution in [1.82, 2.24) is 10.9 Å². The third-order valence-corrected chi connectivity index (χ3v) is 2.66. The van der Waals surface area contributed by atoms with Crippen LogP contribution in [0.2, 0.25) is 0 Å². The third-order valence-electron chi connectivity index (χ3n) is 2.66. The summed E-state index contributed by atoms with van der Waals surface area (Å²) in [6, 6.07) is 7.07. The number of amides is 2. The molecule has 0 fully saturated rings. The first-order valence-corrected chi connectivity index (χ1v) is 6.26. The van der Waals surface area contributed by atoms with Crippen molar-refractivity contribution in [2.24, 2.45) is 0 Å². The van der Waals surface area contributed by atoms with Gasteiger partial charge in [-0.1, -0.05) is 12.1 Å². The lowest BCUT2D eigenvalue weighted by atomic mass is 10.1. The molecule has 1 aliphatic rings. The lowest BCUT2D eigenvalue weighted by molar-refractivity contribution is -0.134. The van der Waals surface area contributed by atoms with Crippen LogP contribution in [0.3, 0.4) is 0 Å². The molecular formula is C13H16N2O5. The molecule has 0 aromatic heterocycles. The van der Waals surface area contributed by atoms with Crippen molar-refractivity contribution in [2.75, 3.05) is 6.61 Å². The standard InChI is InChI=1S/C13H16N2O5/c1-3-18-13(17)15-14-12(16)11-8(2)19-9-6-4-5-7-10(9)20-11/h4-8,11H,3H2,1-2H3,(H,14,16)(H,15,17)/t8-,11-/m1/s1. The molecule has 0 aliphatic carbocycles. The van der Waals surface area contributed by atoms with Crippen LogP contribution in [0.1, 0.15) is 13.8 Å². The molecule has 0 bridgehead atoms. The van der Waals surface area contributed by atoms with E-state index in [4.69, 9.17) is 9.47 Å². The van der Waals surface area contributed by atoms with Crippen LogP contribution < -0.4 is 20.3 Å². The van der Waals surface area contributed by atoms with Crippen molar-refractivity contribution < 1.29 is 23.8 Å². The monoisotopic (exact) mass is 280 g/mol. The summed E-state index contributed by atoms with van der Waals surface area (Å²) in [5.41, 5.74) is 4.36. The number of carbonyl (C=O) groups is 2. The fourth-order valence-corrected chi connectivity index (χ4v) is 1.76. The predicted molar refractivity (Wildman–Crippen MR) is 69.2 cm³/mol. The molecule has 0 saturated carbocycles. The van der Waals surface area contributed by atoms with Crippen LogP contribution in [0.4, 0.5) is 4.79 Å². The van der Waals surface area contributed by atoms with Crippen LogP contribution in [0, 0.1) is 0 Å². The predicted octanol–water partition coefficient (Wildman–Crippen LogP) is 0.992. The van der Waals surface area contributed by atoms with Crippen LogP contribution in [-0.4, -0.2) is 30.8 Å². The molecule has 2 atom stereocenters. The summed E-state index contributed by atoms with van der Waals surface area (Å²) >= 11 is 0. The molecule has 2 amide bonds. The average Bonchev–Trinajstić information content (AvgIpc) is 2.44. The lowest BCUT2D eigenvalue weighted by Gasteiger charge is -2.30. The number of hydrogen-bond donors (Lipinski definition) is 2. The van der Waals surface area contributed by atoms with Gasteiger partial charge >= 0.3 is 6.09 Å². The Hall–Kier alpha value is -2.44. The van der Waals surface area contributed by atoms with E-state index in [1.54, 1.807) is 32.0 Å². The summed E-state index contributed by atoms with van der Waals surface area (Å²) in [6.45, 7) is 3.59. The molecule has 1 heterocycles. The van der Waals surface area contributed by atoms with Gasteiger partial charge < -0.3 is 14.2 Å². The average molecular weight is 280 g/mol. The van der Waals surface area contributed by atoms with E-state index in [2.05, 4.69) is 15.6 Å². The van der Waals surface area contributed by atoms with Crippen LogP contribution in [0.15, 0.2) is 24.3 Å². The third kappa shape index (κ3) is 3.11. The van der Waals surface area contributed by atoms with Gasteiger partial charge in [0.25, 0.3) is 5.91 Å². The van der Waals surface area contributed by atoms with E-state index in [9.17, 15) is 9.59 Å². The molecule has 2 rings (SSSR count). The zero-order valence-corrected chi connectivity index (χ0v) is 11.2. The Morgan fingerprint density at radius 1 is 1.20 bits per heavy atom. The maximum Gasteiger partial charge on any atom is 0.426 e. The van der Waals surface area contributed by atoms with E-state index >= 15 is 0 Å². The fraction of sp³-hybridized carbons (Fsp3) is 0.385. The second-order valence-corrected chi connectivity index (χ2v) is 4.14. The molecule has 2 N–H and O–H groups in total. The Morgan fingerprint density at radius 3 is 2.50 bits per heavy atom. The zero-order chi connectivity index (χ0) is 14.5. The SMILES string of the molecule is CCOC(=O)NNC(=O)[C@@H]1Oc2ccccc2O[C@@H]1C. The first kappa shape index (κ1) is 14.0. The maximum absolute atomic E-state index is 11.9. The Kier molecular flexibility index (Phi) is 4.29. The molecule has 1 aromatic carbocycles. The van der Waals surface area contributed by atoms with Gasteiger partial charge in [-0.3, -0.25) is 10.2 Å². The van der Waals surface area contributed by atoms with Crippen molar-refractivity contribution in [3.63, 3.8) is 0 Å². The van der Waals surface area contributed by atoms with Gasteiger partial charge in [-0.25, -0.2) is 10.2 Å². The van der Waals surface area contributed by atoms with E-state index in [1.165, 1.54) is 0 Å². The lowest BCUT2D eigenvalue weighted by Crippen LogP contribution is -2.53. The normalized spacial score (nSPS) is 19.9. The molecule has 7 nitrogen and oxygen atoms in total. The van der Waals surface area contributed by atoms with Gasteiger partial charge in [-0.05, 0) is 26.0 Å².